The minimum absolute atomic E-state index is 0.0180. The molecule has 7 rings (SSSR count). The molecule has 0 aliphatic carbocycles. The maximum atomic E-state index is 17.2. The lowest BCUT2D eigenvalue weighted by Gasteiger charge is -2.34. The number of halogens is 6. The first-order chi connectivity index (χ1) is 24.2. The molecular formula is C35H35F6N7O2S. The number of carbonyl (C=O) groups is 1. The summed E-state index contributed by atoms with van der Waals surface area (Å²) < 4.78 is 97.9. The third-order valence-electron chi connectivity index (χ3n) is 10.8. The normalized spacial score (nSPS) is 23.7. The second kappa shape index (κ2) is 12.7. The molecule has 3 aliphatic heterocycles. The lowest BCUT2D eigenvalue weighted by atomic mass is 9.92. The Morgan fingerprint density at radius 3 is 2.69 bits per heavy atom. The van der Waals surface area contributed by atoms with Crippen molar-refractivity contribution in [3.63, 3.8) is 0 Å². The van der Waals surface area contributed by atoms with Gasteiger partial charge in [0, 0.05) is 55.4 Å². The topological polar surface area (TPSA) is 112 Å². The van der Waals surface area contributed by atoms with Gasteiger partial charge in [-0.05, 0) is 57.4 Å². The number of aromatic nitrogens is 2. The quantitative estimate of drug-likeness (QED) is 0.202. The summed E-state index contributed by atoms with van der Waals surface area (Å²) in [5.74, 6) is -2.38. The molecule has 2 aromatic carbocycles. The third kappa shape index (κ3) is 5.69. The number of amides is 1. The zero-order valence-electron chi connectivity index (χ0n) is 28.1. The molecule has 9 nitrogen and oxygen atoms in total. The Bertz CT molecular complexity index is 2100. The number of nitrogens with zero attached hydrogens (tertiary/aromatic N) is 6. The van der Waals surface area contributed by atoms with E-state index in [0.29, 0.717) is 37.3 Å². The van der Waals surface area contributed by atoms with Gasteiger partial charge in [-0.15, -0.1) is 11.3 Å². The number of nitriles is 1. The molecule has 16 heteroatoms. The summed E-state index contributed by atoms with van der Waals surface area (Å²) in [7, 11) is 0. The molecule has 0 radical (unpaired) electrons. The molecule has 51 heavy (non-hydrogen) atoms. The Morgan fingerprint density at radius 1 is 1.25 bits per heavy atom. The average molecular weight is 732 g/mol. The second-order valence-electron chi connectivity index (χ2n) is 13.5. The van der Waals surface area contributed by atoms with Crippen molar-refractivity contribution in [2.75, 3.05) is 43.4 Å². The lowest BCUT2D eigenvalue weighted by Crippen LogP contribution is -2.45. The van der Waals surface area contributed by atoms with Gasteiger partial charge in [0.15, 0.2) is 5.82 Å². The predicted octanol–water partition coefficient (Wildman–Crippen LogP) is 7.05. The van der Waals surface area contributed by atoms with E-state index in [-0.39, 0.29) is 81.5 Å². The summed E-state index contributed by atoms with van der Waals surface area (Å²) in [6, 6.07) is 3.46. The summed E-state index contributed by atoms with van der Waals surface area (Å²) in [5, 5.41) is 9.24. The first-order valence-corrected chi connectivity index (χ1v) is 17.6. The Hall–Kier alpha value is -4.36. The number of fused-ring (bicyclic) bond motifs is 3. The molecule has 2 aromatic heterocycles. The number of ether oxygens (including phenoxy) is 1. The summed E-state index contributed by atoms with van der Waals surface area (Å²) in [4.78, 5) is 26.7. The molecule has 270 valence electrons. The number of likely N-dealkylation sites (N-methyl/N-ethyl adjacent to an activating group) is 1. The van der Waals surface area contributed by atoms with Gasteiger partial charge >= 0.3 is 12.2 Å². The van der Waals surface area contributed by atoms with Gasteiger partial charge in [0.2, 0.25) is 5.91 Å². The number of carbonyl (C=O) groups excluding carboxylic acids is 1. The number of thiophene rings is 1. The third-order valence-corrected chi connectivity index (χ3v) is 11.8. The molecular weight excluding hydrogens is 696 g/mol. The molecule has 4 aromatic rings. The zero-order valence-corrected chi connectivity index (χ0v) is 28.9. The monoisotopic (exact) mass is 731 g/mol. The van der Waals surface area contributed by atoms with Crippen molar-refractivity contribution in [2.24, 2.45) is 0 Å². The number of anilines is 2. The molecule has 4 atom stereocenters. The van der Waals surface area contributed by atoms with Gasteiger partial charge in [-0.1, -0.05) is 6.07 Å². The second-order valence-corrected chi connectivity index (χ2v) is 14.6. The van der Waals surface area contributed by atoms with Crippen molar-refractivity contribution in [1.82, 2.24) is 19.8 Å². The molecule has 1 amide bonds. The number of nitrogen functional groups attached to an aromatic ring is 1. The Kier molecular flexibility index (Phi) is 8.73. The number of rotatable bonds is 7. The molecule has 3 saturated heterocycles. The molecule has 0 spiro atoms. The van der Waals surface area contributed by atoms with Crippen LogP contribution in [0.4, 0.5) is 37.2 Å². The standard InChI is InChI=1S/C35H35F6N7O2S/c1-4-47(25-8-11-48(17(25)2)18(3)49)32-21-12-23(35(39,40)41)27(20-6-7-24(37)30-26(20)22(14-42)31(43)51-30)28(38)29(21)44-33(45-32)50-16-34-9-5-10-46(34)15-19(36)13-34/h6-7,12,17,19,25H,4-5,8-11,13,15-16,43H2,1-3H3/t17-,19-,25-,34+/m1/s1. The van der Waals surface area contributed by atoms with E-state index >= 15 is 17.6 Å². The fourth-order valence-electron chi connectivity index (χ4n) is 8.44. The SMILES string of the molecule is CCN(c1nc(OC[C@@]23CCCN2C[C@H](F)C3)nc2c(F)c(-c3ccc(F)c4sc(N)c(C#N)c34)c(C(F)(F)F)cc12)[C@@H]1CCN(C(C)=O)[C@@H]1C. The number of nitrogens with two attached hydrogens (primary N) is 1. The van der Waals surface area contributed by atoms with E-state index in [2.05, 4.69) is 9.97 Å². The van der Waals surface area contributed by atoms with E-state index < -0.39 is 52.2 Å². The fourth-order valence-corrected chi connectivity index (χ4v) is 9.39. The van der Waals surface area contributed by atoms with Crippen LogP contribution in [-0.4, -0.2) is 82.3 Å². The van der Waals surface area contributed by atoms with E-state index in [0.717, 1.165) is 24.6 Å². The van der Waals surface area contributed by atoms with Crippen LogP contribution in [-0.2, 0) is 11.0 Å². The summed E-state index contributed by atoms with van der Waals surface area (Å²) in [6.45, 7) is 6.62. The molecule has 0 bridgehead atoms. The van der Waals surface area contributed by atoms with E-state index in [1.54, 1.807) is 16.7 Å². The van der Waals surface area contributed by atoms with E-state index in [1.165, 1.54) is 6.92 Å². The number of hydrogen-bond donors (Lipinski definition) is 1. The highest BCUT2D eigenvalue weighted by molar-refractivity contribution is 7.23. The summed E-state index contributed by atoms with van der Waals surface area (Å²) in [6.07, 6.45) is -3.97. The van der Waals surface area contributed by atoms with Crippen LogP contribution in [0.2, 0.25) is 0 Å². The van der Waals surface area contributed by atoms with Gasteiger partial charge in [-0.25, -0.2) is 13.2 Å². The average Bonchev–Trinajstić information content (AvgIpc) is 3.81. The Morgan fingerprint density at radius 2 is 2.02 bits per heavy atom. The highest BCUT2D eigenvalue weighted by atomic mass is 32.1. The number of alkyl halides is 4. The van der Waals surface area contributed by atoms with Crippen molar-refractivity contribution in [3.05, 3.63) is 41.0 Å². The van der Waals surface area contributed by atoms with Crippen molar-refractivity contribution >= 4 is 49.1 Å². The zero-order chi connectivity index (χ0) is 36.6. The van der Waals surface area contributed by atoms with Crippen LogP contribution in [0.25, 0.3) is 32.1 Å². The van der Waals surface area contributed by atoms with Gasteiger partial charge in [0.25, 0.3) is 0 Å². The minimum atomic E-state index is -5.12. The first-order valence-electron chi connectivity index (χ1n) is 16.8. The first kappa shape index (κ1) is 35.1. The van der Waals surface area contributed by atoms with E-state index in [9.17, 15) is 18.8 Å². The highest BCUT2D eigenvalue weighted by Crippen LogP contribution is 2.48. The molecule has 3 aliphatic rings. The predicted molar refractivity (Wildman–Crippen MR) is 181 cm³/mol. The number of hydrogen-bond acceptors (Lipinski definition) is 9. The maximum absolute atomic E-state index is 17.2. The van der Waals surface area contributed by atoms with Crippen LogP contribution in [0, 0.1) is 23.0 Å². The molecule has 0 unspecified atom stereocenters. The molecule has 3 fully saturated rings. The number of benzene rings is 2. The maximum Gasteiger partial charge on any atom is 0.417 e. The molecule has 0 saturated carbocycles. The van der Waals surface area contributed by atoms with Crippen LogP contribution >= 0.6 is 11.3 Å². The fraction of sp³-hybridized carbons (Fsp3) is 0.486. The van der Waals surface area contributed by atoms with Gasteiger partial charge in [0.1, 0.15) is 41.0 Å². The molecule has 2 N–H and O–H groups in total. The Balaban J connectivity index is 1.47. The summed E-state index contributed by atoms with van der Waals surface area (Å²) >= 11 is 0.681. The van der Waals surface area contributed by atoms with Gasteiger partial charge in [-0.2, -0.15) is 28.4 Å². The van der Waals surface area contributed by atoms with Crippen LogP contribution in [0.5, 0.6) is 6.01 Å². The molecule has 5 heterocycles. The van der Waals surface area contributed by atoms with Crippen molar-refractivity contribution < 1.29 is 35.9 Å². The lowest BCUT2D eigenvalue weighted by molar-refractivity contribution is -0.137. The van der Waals surface area contributed by atoms with Crippen LogP contribution in [0.15, 0.2) is 18.2 Å². The van der Waals surface area contributed by atoms with Crippen molar-refractivity contribution in [1.29, 1.82) is 5.26 Å². The van der Waals surface area contributed by atoms with Crippen LogP contribution in [0.3, 0.4) is 0 Å². The Labute approximate surface area is 293 Å². The largest absolute Gasteiger partial charge is 0.461 e. The van der Waals surface area contributed by atoms with Gasteiger partial charge in [-0.3, -0.25) is 9.69 Å². The summed E-state index contributed by atoms with van der Waals surface area (Å²) in [5.41, 5.74) is 1.90. The van der Waals surface area contributed by atoms with E-state index in [1.807, 2.05) is 17.9 Å². The van der Waals surface area contributed by atoms with Crippen LogP contribution in [0.1, 0.15) is 57.6 Å². The van der Waals surface area contributed by atoms with E-state index in [4.69, 9.17) is 10.5 Å². The van der Waals surface area contributed by atoms with Gasteiger partial charge < -0.3 is 20.3 Å². The minimum Gasteiger partial charge on any atom is -0.461 e. The van der Waals surface area contributed by atoms with Crippen LogP contribution < -0.4 is 15.4 Å². The van der Waals surface area contributed by atoms with Gasteiger partial charge in [0.05, 0.1) is 27.4 Å². The van der Waals surface area contributed by atoms with Crippen molar-refractivity contribution in [2.45, 2.75) is 76.4 Å². The van der Waals surface area contributed by atoms with Crippen molar-refractivity contribution in [3.8, 4) is 23.2 Å². The smallest absolute Gasteiger partial charge is 0.417 e. The highest BCUT2D eigenvalue weighted by Gasteiger charge is 2.49. The number of likely N-dealkylation sites (tertiary alicyclic amines) is 1.